The SMILES string of the molecule is CNC(CC#CC(C)(C)C)C1CC1C. The van der Waals surface area contributed by atoms with E-state index in [9.17, 15) is 0 Å². The van der Waals surface area contributed by atoms with Gasteiger partial charge in [0.15, 0.2) is 0 Å². The van der Waals surface area contributed by atoms with Crippen molar-refractivity contribution in [3.63, 3.8) is 0 Å². The lowest BCUT2D eigenvalue weighted by Crippen LogP contribution is -2.27. The van der Waals surface area contributed by atoms with Crippen LogP contribution in [-0.2, 0) is 0 Å². The molecule has 0 radical (unpaired) electrons. The van der Waals surface area contributed by atoms with Crippen molar-refractivity contribution in [1.29, 1.82) is 0 Å². The quantitative estimate of drug-likeness (QED) is 0.680. The summed E-state index contributed by atoms with van der Waals surface area (Å²) in [5.41, 5.74) is 0.146. The number of nitrogens with one attached hydrogen (secondary N) is 1. The molecular weight excluding hydrogens is 170 g/mol. The Morgan fingerprint density at radius 3 is 2.36 bits per heavy atom. The van der Waals surface area contributed by atoms with Crippen molar-refractivity contribution in [2.45, 2.75) is 46.6 Å². The molecule has 1 aliphatic carbocycles. The zero-order chi connectivity index (χ0) is 10.8. The predicted octanol–water partition coefficient (Wildman–Crippen LogP) is 2.67. The van der Waals surface area contributed by atoms with Crippen LogP contribution in [-0.4, -0.2) is 13.1 Å². The summed E-state index contributed by atoms with van der Waals surface area (Å²) in [5, 5.41) is 3.38. The Morgan fingerprint density at radius 2 is 2.00 bits per heavy atom. The van der Waals surface area contributed by atoms with Gasteiger partial charge in [-0.05, 0) is 46.1 Å². The molecule has 0 aromatic heterocycles. The third-order valence-corrected chi connectivity index (χ3v) is 2.84. The largest absolute Gasteiger partial charge is 0.316 e. The first-order chi connectivity index (χ1) is 6.44. The second kappa shape index (κ2) is 4.36. The van der Waals surface area contributed by atoms with Gasteiger partial charge in [0.05, 0.1) is 0 Å². The lowest BCUT2D eigenvalue weighted by Gasteiger charge is -2.13. The van der Waals surface area contributed by atoms with Gasteiger partial charge >= 0.3 is 0 Å². The summed E-state index contributed by atoms with van der Waals surface area (Å²) >= 11 is 0. The lowest BCUT2D eigenvalue weighted by molar-refractivity contribution is 0.490. The van der Waals surface area contributed by atoms with Crippen molar-refractivity contribution in [1.82, 2.24) is 5.32 Å². The van der Waals surface area contributed by atoms with E-state index >= 15 is 0 Å². The van der Waals surface area contributed by atoms with Gasteiger partial charge in [-0.25, -0.2) is 0 Å². The van der Waals surface area contributed by atoms with Gasteiger partial charge < -0.3 is 5.32 Å². The highest BCUT2D eigenvalue weighted by Crippen LogP contribution is 2.41. The zero-order valence-electron chi connectivity index (χ0n) is 10.1. The van der Waals surface area contributed by atoms with Crippen LogP contribution in [0.25, 0.3) is 0 Å². The molecule has 14 heavy (non-hydrogen) atoms. The van der Waals surface area contributed by atoms with Crippen molar-refractivity contribution in [2.75, 3.05) is 7.05 Å². The first-order valence-electron chi connectivity index (χ1n) is 5.61. The molecule has 0 aliphatic heterocycles. The lowest BCUT2D eigenvalue weighted by atomic mass is 9.97. The van der Waals surface area contributed by atoms with Gasteiger partial charge in [0.2, 0.25) is 0 Å². The third-order valence-electron chi connectivity index (χ3n) is 2.84. The molecule has 3 unspecified atom stereocenters. The average Bonchev–Trinajstić information content (AvgIpc) is 2.74. The standard InChI is InChI=1S/C13H23N/c1-10-9-11(10)12(14-5)7-6-8-13(2,3)4/h10-12,14H,7,9H2,1-5H3. The Morgan fingerprint density at radius 1 is 1.43 bits per heavy atom. The van der Waals surface area contributed by atoms with Crippen LogP contribution in [0.5, 0.6) is 0 Å². The molecule has 1 heteroatoms. The minimum atomic E-state index is 0.146. The topological polar surface area (TPSA) is 12.0 Å². The molecule has 1 N–H and O–H groups in total. The van der Waals surface area contributed by atoms with E-state index in [0.717, 1.165) is 18.3 Å². The Labute approximate surface area is 88.7 Å². The smallest absolute Gasteiger partial charge is 0.0246 e. The fourth-order valence-electron chi connectivity index (χ4n) is 1.81. The number of hydrogen-bond donors (Lipinski definition) is 1. The van der Waals surface area contributed by atoms with Gasteiger partial charge in [0.1, 0.15) is 0 Å². The van der Waals surface area contributed by atoms with Crippen molar-refractivity contribution < 1.29 is 0 Å². The van der Waals surface area contributed by atoms with E-state index in [4.69, 9.17) is 0 Å². The molecule has 80 valence electrons. The monoisotopic (exact) mass is 193 g/mol. The highest BCUT2D eigenvalue weighted by atomic mass is 14.9. The van der Waals surface area contributed by atoms with Crippen LogP contribution in [0.4, 0.5) is 0 Å². The first-order valence-corrected chi connectivity index (χ1v) is 5.61. The molecule has 1 aliphatic rings. The molecule has 0 aromatic carbocycles. The highest BCUT2D eigenvalue weighted by Gasteiger charge is 2.38. The van der Waals surface area contributed by atoms with E-state index in [2.05, 4.69) is 51.9 Å². The summed E-state index contributed by atoms with van der Waals surface area (Å²) < 4.78 is 0. The Balaban J connectivity index is 2.37. The highest BCUT2D eigenvalue weighted by molar-refractivity contribution is 5.10. The second-order valence-electron chi connectivity index (χ2n) is 5.53. The summed E-state index contributed by atoms with van der Waals surface area (Å²) in [6.45, 7) is 8.81. The fourth-order valence-corrected chi connectivity index (χ4v) is 1.81. The number of hydrogen-bond acceptors (Lipinski definition) is 1. The van der Waals surface area contributed by atoms with Crippen LogP contribution in [0.1, 0.15) is 40.5 Å². The summed E-state index contributed by atoms with van der Waals surface area (Å²) in [6.07, 6.45) is 2.38. The maximum Gasteiger partial charge on any atom is 0.0246 e. The van der Waals surface area contributed by atoms with Crippen LogP contribution in [0.3, 0.4) is 0 Å². The van der Waals surface area contributed by atoms with Gasteiger partial charge in [-0.2, -0.15) is 0 Å². The maximum atomic E-state index is 3.38. The van der Waals surface area contributed by atoms with Crippen molar-refractivity contribution in [3.05, 3.63) is 0 Å². The molecule has 0 spiro atoms. The molecule has 1 saturated carbocycles. The van der Waals surface area contributed by atoms with Crippen molar-refractivity contribution in [2.24, 2.45) is 17.3 Å². The Kier molecular flexibility index (Phi) is 3.61. The van der Waals surface area contributed by atoms with Crippen molar-refractivity contribution in [3.8, 4) is 11.8 Å². The normalized spacial score (nSPS) is 27.8. The van der Waals surface area contributed by atoms with Gasteiger partial charge in [-0.3, -0.25) is 0 Å². The summed E-state index contributed by atoms with van der Waals surface area (Å²) in [6, 6.07) is 0.611. The minimum Gasteiger partial charge on any atom is -0.316 e. The van der Waals surface area contributed by atoms with Crippen LogP contribution in [0.2, 0.25) is 0 Å². The molecule has 1 rings (SSSR count). The van der Waals surface area contributed by atoms with Gasteiger partial charge in [-0.15, -0.1) is 5.92 Å². The van der Waals surface area contributed by atoms with Crippen LogP contribution < -0.4 is 5.32 Å². The molecule has 0 amide bonds. The van der Waals surface area contributed by atoms with Gasteiger partial charge in [0, 0.05) is 17.9 Å². The molecule has 0 saturated heterocycles. The average molecular weight is 193 g/mol. The van der Waals surface area contributed by atoms with Crippen LogP contribution in [0.15, 0.2) is 0 Å². The molecule has 0 heterocycles. The Bertz CT molecular complexity index is 238. The summed E-state index contributed by atoms with van der Waals surface area (Å²) in [5.74, 6) is 8.38. The summed E-state index contributed by atoms with van der Waals surface area (Å²) in [7, 11) is 2.05. The van der Waals surface area contributed by atoms with Crippen LogP contribution in [0, 0.1) is 29.1 Å². The summed E-state index contributed by atoms with van der Waals surface area (Å²) in [4.78, 5) is 0. The Hall–Kier alpha value is -0.480. The molecule has 0 aromatic rings. The second-order valence-corrected chi connectivity index (χ2v) is 5.53. The maximum absolute atomic E-state index is 3.38. The van der Waals surface area contributed by atoms with E-state index < -0.39 is 0 Å². The van der Waals surface area contributed by atoms with E-state index in [1.807, 2.05) is 0 Å². The molecule has 1 nitrogen and oxygen atoms in total. The molecular formula is C13H23N. The number of rotatable bonds is 3. The molecule has 1 fully saturated rings. The van der Waals surface area contributed by atoms with E-state index in [1.165, 1.54) is 6.42 Å². The van der Waals surface area contributed by atoms with Gasteiger partial charge in [0.25, 0.3) is 0 Å². The minimum absolute atomic E-state index is 0.146. The van der Waals surface area contributed by atoms with Crippen molar-refractivity contribution >= 4 is 0 Å². The van der Waals surface area contributed by atoms with Gasteiger partial charge in [-0.1, -0.05) is 12.8 Å². The van der Waals surface area contributed by atoms with E-state index in [-0.39, 0.29) is 5.41 Å². The van der Waals surface area contributed by atoms with Crippen LogP contribution >= 0.6 is 0 Å². The molecule has 3 atom stereocenters. The fraction of sp³-hybridized carbons (Fsp3) is 0.846. The predicted molar refractivity (Wildman–Crippen MR) is 62.0 cm³/mol. The van der Waals surface area contributed by atoms with E-state index in [0.29, 0.717) is 6.04 Å². The third kappa shape index (κ3) is 3.72. The van der Waals surface area contributed by atoms with E-state index in [1.54, 1.807) is 0 Å². The molecule has 0 bridgehead atoms. The first kappa shape index (κ1) is 11.6. The zero-order valence-corrected chi connectivity index (χ0v) is 10.1.